The SMILES string of the molecule is NC(=O)CCCCC(=C1CCCCC1)C(C(N)=O)=C1CCCCC1. The highest BCUT2D eigenvalue weighted by molar-refractivity contribution is 5.97. The number of carbonyl (C=O) groups is 2. The number of hydrogen-bond acceptors (Lipinski definition) is 2. The maximum absolute atomic E-state index is 12.3. The minimum Gasteiger partial charge on any atom is -0.370 e. The molecule has 2 aliphatic carbocycles. The Hall–Kier alpha value is -1.58. The Morgan fingerprint density at radius 1 is 0.708 bits per heavy atom. The zero-order chi connectivity index (χ0) is 17.4. The van der Waals surface area contributed by atoms with Crippen LogP contribution >= 0.6 is 0 Å². The van der Waals surface area contributed by atoms with E-state index in [9.17, 15) is 9.59 Å². The maximum atomic E-state index is 12.3. The molecule has 0 heterocycles. The third-order valence-corrected chi connectivity index (χ3v) is 5.34. The van der Waals surface area contributed by atoms with Gasteiger partial charge in [0.2, 0.25) is 11.8 Å². The van der Waals surface area contributed by atoms with Gasteiger partial charge in [-0.3, -0.25) is 9.59 Å². The maximum Gasteiger partial charge on any atom is 0.248 e. The lowest BCUT2D eigenvalue weighted by Gasteiger charge is -2.24. The van der Waals surface area contributed by atoms with Crippen LogP contribution in [0.3, 0.4) is 0 Å². The summed E-state index contributed by atoms with van der Waals surface area (Å²) in [5.74, 6) is -0.502. The van der Waals surface area contributed by atoms with Gasteiger partial charge in [-0.1, -0.05) is 24.0 Å². The molecule has 0 atom stereocenters. The number of primary amides is 2. The van der Waals surface area contributed by atoms with E-state index in [-0.39, 0.29) is 11.8 Å². The Kier molecular flexibility index (Phi) is 7.54. The predicted octanol–water partition coefficient (Wildman–Crippen LogP) is 4.04. The van der Waals surface area contributed by atoms with Crippen molar-refractivity contribution in [2.45, 2.75) is 89.9 Å². The van der Waals surface area contributed by atoms with Gasteiger partial charge in [-0.25, -0.2) is 0 Å². The van der Waals surface area contributed by atoms with Crippen molar-refractivity contribution < 1.29 is 9.59 Å². The minimum atomic E-state index is -0.255. The number of allylic oxidation sites excluding steroid dienone is 2. The Balaban J connectivity index is 2.24. The lowest BCUT2D eigenvalue weighted by Crippen LogP contribution is -2.20. The summed E-state index contributed by atoms with van der Waals surface area (Å²) in [4.78, 5) is 23.2. The molecule has 2 rings (SSSR count). The largest absolute Gasteiger partial charge is 0.370 e. The molecular formula is C20H32N2O2. The van der Waals surface area contributed by atoms with Crippen LogP contribution in [0.25, 0.3) is 0 Å². The molecule has 2 fully saturated rings. The van der Waals surface area contributed by atoms with E-state index in [2.05, 4.69) is 0 Å². The molecule has 0 saturated heterocycles. The van der Waals surface area contributed by atoms with Gasteiger partial charge < -0.3 is 11.5 Å². The summed E-state index contributed by atoms with van der Waals surface area (Å²) in [6, 6.07) is 0. The van der Waals surface area contributed by atoms with Crippen LogP contribution in [0.5, 0.6) is 0 Å². The second kappa shape index (κ2) is 9.65. The third kappa shape index (κ3) is 5.50. The van der Waals surface area contributed by atoms with Crippen LogP contribution in [0, 0.1) is 0 Å². The molecule has 4 N–H and O–H groups in total. The second-order valence-electron chi connectivity index (χ2n) is 7.22. The van der Waals surface area contributed by atoms with Gasteiger partial charge in [-0.05, 0) is 76.2 Å². The average Bonchev–Trinajstić information content (AvgIpc) is 2.58. The van der Waals surface area contributed by atoms with Crippen LogP contribution in [-0.2, 0) is 9.59 Å². The minimum absolute atomic E-state index is 0.248. The van der Waals surface area contributed by atoms with Gasteiger partial charge in [-0.15, -0.1) is 0 Å². The normalized spacial score (nSPS) is 18.3. The molecule has 4 heteroatoms. The topological polar surface area (TPSA) is 86.2 Å². The summed E-state index contributed by atoms with van der Waals surface area (Å²) in [7, 11) is 0. The Bertz CT molecular complexity index is 516. The van der Waals surface area contributed by atoms with Crippen LogP contribution in [0.15, 0.2) is 22.3 Å². The van der Waals surface area contributed by atoms with Crippen molar-refractivity contribution in [1.29, 1.82) is 0 Å². The molecule has 24 heavy (non-hydrogen) atoms. The number of rotatable bonds is 7. The number of amides is 2. The van der Waals surface area contributed by atoms with Gasteiger partial charge in [0.05, 0.1) is 0 Å². The fraction of sp³-hybridized carbons (Fsp3) is 0.700. The smallest absolute Gasteiger partial charge is 0.248 e. The van der Waals surface area contributed by atoms with E-state index in [4.69, 9.17) is 11.5 Å². The van der Waals surface area contributed by atoms with Crippen LogP contribution < -0.4 is 11.5 Å². The molecule has 0 aromatic heterocycles. The molecule has 0 bridgehead atoms. The van der Waals surface area contributed by atoms with Gasteiger partial charge >= 0.3 is 0 Å². The molecule has 134 valence electrons. The van der Waals surface area contributed by atoms with E-state index in [1.54, 1.807) is 0 Å². The van der Waals surface area contributed by atoms with Crippen LogP contribution in [0.1, 0.15) is 89.9 Å². The van der Waals surface area contributed by atoms with Crippen molar-refractivity contribution in [3.05, 3.63) is 22.3 Å². The monoisotopic (exact) mass is 332 g/mol. The van der Waals surface area contributed by atoms with E-state index >= 15 is 0 Å². The number of nitrogens with two attached hydrogens (primary N) is 2. The molecule has 0 aromatic carbocycles. The predicted molar refractivity (Wildman–Crippen MR) is 97.1 cm³/mol. The quantitative estimate of drug-likeness (QED) is 0.544. The van der Waals surface area contributed by atoms with E-state index in [0.717, 1.165) is 63.4 Å². The fourth-order valence-corrected chi connectivity index (χ4v) is 4.12. The third-order valence-electron chi connectivity index (χ3n) is 5.34. The van der Waals surface area contributed by atoms with E-state index < -0.39 is 0 Å². The molecule has 0 aliphatic heterocycles. The van der Waals surface area contributed by atoms with Crippen molar-refractivity contribution >= 4 is 11.8 Å². The van der Waals surface area contributed by atoms with Crippen molar-refractivity contribution in [3.8, 4) is 0 Å². The standard InChI is InChI=1S/C20H32N2O2/c21-18(23)14-8-7-13-17(15-9-3-1-4-10-15)19(20(22)24)16-11-5-2-6-12-16/h1-14H2,(H2,21,23)(H2,22,24). The molecule has 2 saturated carbocycles. The van der Waals surface area contributed by atoms with Gasteiger partial charge in [0.25, 0.3) is 0 Å². The molecule has 4 nitrogen and oxygen atoms in total. The highest BCUT2D eigenvalue weighted by Crippen LogP contribution is 2.36. The van der Waals surface area contributed by atoms with Gasteiger partial charge in [0.15, 0.2) is 0 Å². The molecule has 0 unspecified atom stereocenters. The number of hydrogen-bond donors (Lipinski definition) is 2. The fourth-order valence-electron chi connectivity index (χ4n) is 4.12. The Morgan fingerprint density at radius 2 is 1.21 bits per heavy atom. The van der Waals surface area contributed by atoms with Crippen molar-refractivity contribution in [1.82, 2.24) is 0 Å². The van der Waals surface area contributed by atoms with Crippen LogP contribution in [0.2, 0.25) is 0 Å². The first kappa shape index (κ1) is 18.8. The summed E-state index contributed by atoms with van der Waals surface area (Å²) < 4.78 is 0. The second-order valence-corrected chi connectivity index (χ2v) is 7.22. The number of carbonyl (C=O) groups excluding carboxylic acids is 2. The van der Waals surface area contributed by atoms with Crippen molar-refractivity contribution in [2.24, 2.45) is 11.5 Å². The van der Waals surface area contributed by atoms with E-state index in [1.165, 1.54) is 42.4 Å². The van der Waals surface area contributed by atoms with Crippen molar-refractivity contribution in [2.75, 3.05) is 0 Å². The molecule has 0 aromatic rings. The first-order valence-electron chi connectivity index (χ1n) is 9.61. The molecule has 0 radical (unpaired) electrons. The van der Waals surface area contributed by atoms with Crippen LogP contribution in [-0.4, -0.2) is 11.8 Å². The first-order valence-corrected chi connectivity index (χ1v) is 9.61. The van der Waals surface area contributed by atoms with E-state index in [0.29, 0.717) is 6.42 Å². The molecular weight excluding hydrogens is 300 g/mol. The highest BCUT2D eigenvalue weighted by Gasteiger charge is 2.22. The molecule has 0 spiro atoms. The lowest BCUT2D eigenvalue weighted by atomic mass is 9.81. The lowest BCUT2D eigenvalue weighted by molar-refractivity contribution is -0.118. The summed E-state index contributed by atoms with van der Waals surface area (Å²) in [5, 5.41) is 0. The van der Waals surface area contributed by atoms with E-state index in [1.807, 2.05) is 0 Å². The summed E-state index contributed by atoms with van der Waals surface area (Å²) in [5.41, 5.74) is 15.8. The molecule has 2 amide bonds. The summed E-state index contributed by atoms with van der Waals surface area (Å²) in [6.45, 7) is 0. The average molecular weight is 332 g/mol. The summed E-state index contributed by atoms with van der Waals surface area (Å²) >= 11 is 0. The van der Waals surface area contributed by atoms with Gasteiger partial charge in [0, 0.05) is 12.0 Å². The molecule has 2 aliphatic rings. The van der Waals surface area contributed by atoms with Gasteiger partial charge in [0.1, 0.15) is 0 Å². The first-order chi connectivity index (χ1) is 11.6. The van der Waals surface area contributed by atoms with Gasteiger partial charge in [-0.2, -0.15) is 0 Å². The zero-order valence-electron chi connectivity index (χ0n) is 14.9. The number of unbranched alkanes of at least 4 members (excludes halogenated alkanes) is 1. The highest BCUT2D eigenvalue weighted by atomic mass is 16.1. The summed E-state index contributed by atoms with van der Waals surface area (Å²) in [6.07, 6.45) is 14.4. The van der Waals surface area contributed by atoms with Crippen molar-refractivity contribution in [3.63, 3.8) is 0 Å². The van der Waals surface area contributed by atoms with Crippen LogP contribution in [0.4, 0.5) is 0 Å². The zero-order valence-corrected chi connectivity index (χ0v) is 14.9. The Labute approximate surface area is 145 Å². The Morgan fingerprint density at radius 3 is 1.71 bits per heavy atom.